The third-order valence-electron chi connectivity index (χ3n) is 2.92. The molecule has 0 spiro atoms. The maximum absolute atomic E-state index is 9.97. The van der Waals surface area contributed by atoms with Crippen LogP contribution in [0.15, 0.2) is 10.5 Å². The van der Waals surface area contributed by atoms with Crippen LogP contribution in [0.25, 0.3) is 0 Å². The molecule has 15 heavy (non-hydrogen) atoms. The van der Waals surface area contributed by atoms with Crippen LogP contribution in [-0.2, 0) is 12.2 Å². The fourth-order valence-electron chi connectivity index (χ4n) is 2.24. The number of fused-ring (bicyclic) bond motifs is 3. The number of benzene rings is 1. The summed E-state index contributed by atoms with van der Waals surface area (Å²) in [5.74, 6) is 2.76. The zero-order chi connectivity index (χ0) is 10.4. The zero-order valence-corrected chi connectivity index (χ0v) is 10.5. The van der Waals surface area contributed by atoms with Gasteiger partial charge in [-0.1, -0.05) is 15.9 Å². The summed E-state index contributed by atoms with van der Waals surface area (Å²) in [7, 11) is 0. The average molecular weight is 287 g/mol. The lowest BCUT2D eigenvalue weighted by molar-refractivity contribution is 0.200. The van der Waals surface area contributed by atoms with Gasteiger partial charge in [0.05, 0.1) is 12.7 Å². The van der Waals surface area contributed by atoms with Gasteiger partial charge in [-0.25, -0.2) is 0 Å². The van der Waals surface area contributed by atoms with E-state index < -0.39 is 0 Å². The molecule has 0 saturated heterocycles. The second kappa shape index (κ2) is 3.68. The van der Waals surface area contributed by atoms with Crippen molar-refractivity contribution in [1.82, 2.24) is 0 Å². The molecule has 0 amide bonds. The average Bonchev–Trinajstić information content (AvgIpc) is 2.65. The van der Waals surface area contributed by atoms with E-state index in [0.29, 0.717) is 0 Å². The Morgan fingerprint density at radius 2 is 2.40 bits per heavy atom. The standard InChI is InChI=1S/C11H11BrO2S/c12-8-3-6-1-2-14-11(6)7-4-15-5-9(13)10(7)8/h3,9,13H,1-2,4-5H2. The highest BCUT2D eigenvalue weighted by atomic mass is 79.9. The Balaban J connectivity index is 2.24. The monoisotopic (exact) mass is 286 g/mol. The number of halogens is 1. The summed E-state index contributed by atoms with van der Waals surface area (Å²) >= 11 is 5.32. The molecule has 0 radical (unpaired) electrons. The van der Waals surface area contributed by atoms with Gasteiger partial charge in [0.1, 0.15) is 5.75 Å². The van der Waals surface area contributed by atoms with Crippen LogP contribution in [-0.4, -0.2) is 17.5 Å². The molecule has 2 aliphatic rings. The quantitative estimate of drug-likeness (QED) is 0.795. The van der Waals surface area contributed by atoms with Crippen molar-refractivity contribution < 1.29 is 9.84 Å². The summed E-state index contributed by atoms with van der Waals surface area (Å²) in [6.07, 6.45) is 0.629. The van der Waals surface area contributed by atoms with Crippen molar-refractivity contribution in [3.8, 4) is 5.75 Å². The third kappa shape index (κ3) is 1.50. The van der Waals surface area contributed by atoms with Crippen molar-refractivity contribution in [2.24, 2.45) is 0 Å². The lowest BCUT2D eigenvalue weighted by Crippen LogP contribution is -2.12. The van der Waals surface area contributed by atoms with E-state index in [1.165, 1.54) is 11.1 Å². The van der Waals surface area contributed by atoms with Gasteiger partial charge in [-0.15, -0.1) is 0 Å². The summed E-state index contributed by atoms with van der Waals surface area (Å²) in [6, 6.07) is 2.10. The molecule has 2 nitrogen and oxygen atoms in total. The molecular weight excluding hydrogens is 276 g/mol. The van der Waals surface area contributed by atoms with Crippen LogP contribution in [0.3, 0.4) is 0 Å². The Labute approximate surface area is 101 Å². The molecule has 3 rings (SSSR count). The van der Waals surface area contributed by atoms with Crippen molar-refractivity contribution in [1.29, 1.82) is 0 Å². The van der Waals surface area contributed by atoms with E-state index in [0.717, 1.165) is 40.3 Å². The molecular formula is C11H11BrO2S. The number of aliphatic hydroxyl groups excluding tert-OH is 1. The van der Waals surface area contributed by atoms with E-state index >= 15 is 0 Å². The van der Waals surface area contributed by atoms with E-state index in [-0.39, 0.29) is 6.10 Å². The maximum atomic E-state index is 9.97. The largest absolute Gasteiger partial charge is 0.493 e. The van der Waals surface area contributed by atoms with Gasteiger partial charge in [0.2, 0.25) is 0 Å². The maximum Gasteiger partial charge on any atom is 0.127 e. The number of aliphatic hydroxyl groups is 1. The molecule has 0 bridgehead atoms. The molecule has 0 fully saturated rings. The van der Waals surface area contributed by atoms with Crippen LogP contribution in [0.4, 0.5) is 0 Å². The number of hydrogen-bond donors (Lipinski definition) is 1. The Kier molecular flexibility index (Phi) is 2.45. The molecule has 2 heterocycles. The van der Waals surface area contributed by atoms with Gasteiger partial charge in [-0.2, -0.15) is 11.8 Å². The van der Waals surface area contributed by atoms with Gasteiger partial charge in [0.25, 0.3) is 0 Å². The molecule has 2 aliphatic heterocycles. The smallest absolute Gasteiger partial charge is 0.127 e. The second-order valence-electron chi connectivity index (χ2n) is 3.87. The van der Waals surface area contributed by atoms with Gasteiger partial charge >= 0.3 is 0 Å². The molecule has 80 valence electrons. The van der Waals surface area contributed by atoms with Gasteiger partial charge in [0, 0.05) is 33.5 Å². The summed E-state index contributed by atoms with van der Waals surface area (Å²) in [5, 5.41) is 9.97. The van der Waals surface area contributed by atoms with E-state index in [9.17, 15) is 5.11 Å². The van der Waals surface area contributed by atoms with E-state index in [1.54, 1.807) is 11.8 Å². The van der Waals surface area contributed by atoms with Gasteiger partial charge in [-0.05, 0) is 11.6 Å². The fourth-order valence-corrected chi connectivity index (χ4v) is 4.02. The summed E-state index contributed by atoms with van der Waals surface area (Å²) < 4.78 is 6.69. The lowest BCUT2D eigenvalue weighted by Gasteiger charge is -2.24. The Morgan fingerprint density at radius 3 is 3.27 bits per heavy atom. The van der Waals surface area contributed by atoms with E-state index in [4.69, 9.17) is 4.74 Å². The number of hydrogen-bond acceptors (Lipinski definition) is 3. The van der Waals surface area contributed by atoms with Crippen LogP contribution in [0.5, 0.6) is 5.75 Å². The molecule has 1 aromatic rings. The first-order valence-corrected chi connectivity index (χ1v) is 6.95. The van der Waals surface area contributed by atoms with Gasteiger partial charge < -0.3 is 9.84 Å². The van der Waals surface area contributed by atoms with Crippen LogP contribution in [0.2, 0.25) is 0 Å². The van der Waals surface area contributed by atoms with Crippen molar-refractivity contribution in [3.63, 3.8) is 0 Å². The van der Waals surface area contributed by atoms with Gasteiger partial charge in [0.15, 0.2) is 0 Å². The highest BCUT2D eigenvalue weighted by Gasteiger charge is 2.28. The number of thioether (sulfide) groups is 1. The number of ether oxygens (including phenoxy) is 1. The summed E-state index contributed by atoms with van der Waals surface area (Å²) in [4.78, 5) is 0. The topological polar surface area (TPSA) is 29.5 Å². The van der Waals surface area contributed by atoms with Crippen LogP contribution >= 0.6 is 27.7 Å². The molecule has 1 N–H and O–H groups in total. The van der Waals surface area contributed by atoms with Crippen LogP contribution < -0.4 is 4.74 Å². The predicted octanol–water partition coefficient (Wildman–Crippen LogP) is 2.66. The molecule has 0 saturated carbocycles. The van der Waals surface area contributed by atoms with Gasteiger partial charge in [-0.3, -0.25) is 0 Å². The minimum Gasteiger partial charge on any atom is -0.493 e. The predicted molar refractivity (Wildman–Crippen MR) is 64.5 cm³/mol. The van der Waals surface area contributed by atoms with Crippen molar-refractivity contribution in [2.45, 2.75) is 18.3 Å². The molecule has 1 unspecified atom stereocenters. The van der Waals surface area contributed by atoms with Crippen molar-refractivity contribution in [3.05, 3.63) is 27.2 Å². The van der Waals surface area contributed by atoms with Crippen LogP contribution in [0, 0.1) is 0 Å². The van der Waals surface area contributed by atoms with E-state index in [1.807, 2.05) is 0 Å². The summed E-state index contributed by atoms with van der Waals surface area (Å²) in [6.45, 7) is 0.777. The molecule has 1 atom stereocenters. The Morgan fingerprint density at radius 1 is 1.53 bits per heavy atom. The molecule has 1 aromatic carbocycles. The molecule has 0 aromatic heterocycles. The first-order valence-electron chi connectivity index (χ1n) is 5.00. The normalized spacial score (nSPS) is 23.2. The SMILES string of the molecule is OC1CSCc2c3c(cc(Br)c21)CCO3. The highest BCUT2D eigenvalue weighted by Crippen LogP contribution is 2.44. The molecule has 4 heteroatoms. The van der Waals surface area contributed by atoms with Crippen molar-refractivity contribution >= 4 is 27.7 Å². The second-order valence-corrected chi connectivity index (χ2v) is 5.75. The van der Waals surface area contributed by atoms with Crippen molar-refractivity contribution in [2.75, 3.05) is 12.4 Å². The lowest BCUT2D eigenvalue weighted by atomic mass is 9.99. The van der Waals surface area contributed by atoms with Crippen LogP contribution in [0.1, 0.15) is 22.8 Å². The van der Waals surface area contributed by atoms with E-state index in [2.05, 4.69) is 22.0 Å². The Bertz CT molecular complexity index is 420. The minimum atomic E-state index is -0.359. The molecule has 0 aliphatic carbocycles. The highest BCUT2D eigenvalue weighted by molar-refractivity contribution is 9.10. The fraction of sp³-hybridized carbons (Fsp3) is 0.455. The first-order chi connectivity index (χ1) is 7.27. The minimum absolute atomic E-state index is 0.359. The number of rotatable bonds is 0. The summed E-state index contributed by atoms with van der Waals surface area (Å²) in [5.41, 5.74) is 3.50. The zero-order valence-electron chi connectivity index (χ0n) is 8.12. The first kappa shape index (κ1) is 10.00. The third-order valence-corrected chi connectivity index (χ3v) is 4.62. The Hall–Kier alpha value is -0.190.